The standard InChI is InChI=1S/C10H16O/c1-2-3-4-5-9-6-7-10(11)8-9/h5H,2-4,6-8H2,1H3. The molecule has 0 aromatic carbocycles. The summed E-state index contributed by atoms with van der Waals surface area (Å²) in [7, 11) is 0. The van der Waals surface area contributed by atoms with Crippen molar-refractivity contribution in [3.05, 3.63) is 11.6 Å². The fourth-order valence-corrected chi connectivity index (χ4v) is 1.41. The highest BCUT2D eigenvalue weighted by Crippen LogP contribution is 2.21. The van der Waals surface area contributed by atoms with E-state index in [1.54, 1.807) is 0 Å². The third-order valence-corrected chi connectivity index (χ3v) is 2.14. The number of carbonyl (C=O) groups is 1. The minimum Gasteiger partial charge on any atom is -0.299 e. The van der Waals surface area contributed by atoms with Gasteiger partial charge in [0.1, 0.15) is 5.78 Å². The van der Waals surface area contributed by atoms with Gasteiger partial charge in [0.05, 0.1) is 0 Å². The summed E-state index contributed by atoms with van der Waals surface area (Å²) in [5.41, 5.74) is 1.38. The van der Waals surface area contributed by atoms with Crippen LogP contribution in [0.1, 0.15) is 45.4 Å². The molecule has 1 saturated carbocycles. The average molecular weight is 152 g/mol. The Balaban J connectivity index is 2.25. The van der Waals surface area contributed by atoms with Gasteiger partial charge in [-0.1, -0.05) is 31.4 Å². The highest BCUT2D eigenvalue weighted by atomic mass is 16.1. The molecular formula is C10H16O. The summed E-state index contributed by atoms with van der Waals surface area (Å²) in [6.45, 7) is 2.19. The number of Topliss-reactive ketones (excluding diaryl/α,β-unsaturated/α-hetero) is 1. The van der Waals surface area contributed by atoms with Crippen molar-refractivity contribution < 1.29 is 4.79 Å². The van der Waals surface area contributed by atoms with E-state index in [1.807, 2.05) is 0 Å². The van der Waals surface area contributed by atoms with Crippen LogP contribution in [0, 0.1) is 0 Å². The van der Waals surface area contributed by atoms with Crippen molar-refractivity contribution >= 4 is 5.78 Å². The summed E-state index contributed by atoms with van der Waals surface area (Å²) in [4.78, 5) is 10.8. The van der Waals surface area contributed by atoms with Crippen molar-refractivity contribution in [3.8, 4) is 0 Å². The molecule has 0 aromatic heterocycles. The number of ketones is 1. The lowest BCUT2D eigenvalue weighted by Crippen LogP contribution is -1.83. The van der Waals surface area contributed by atoms with Crippen molar-refractivity contribution in [1.82, 2.24) is 0 Å². The van der Waals surface area contributed by atoms with E-state index in [1.165, 1.54) is 24.8 Å². The van der Waals surface area contributed by atoms with Gasteiger partial charge in [-0.3, -0.25) is 4.79 Å². The fraction of sp³-hybridized carbons (Fsp3) is 0.700. The summed E-state index contributed by atoms with van der Waals surface area (Å²) in [6.07, 6.45) is 8.49. The lowest BCUT2D eigenvalue weighted by Gasteiger charge is -1.93. The van der Waals surface area contributed by atoms with Crippen molar-refractivity contribution in [2.45, 2.75) is 45.4 Å². The van der Waals surface area contributed by atoms with Gasteiger partial charge in [-0.25, -0.2) is 0 Å². The van der Waals surface area contributed by atoms with Gasteiger partial charge in [-0.15, -0.1) is 0 Å². The minimum atomic E-state index is 0.424. The summed E-state index contributed by atoms with van der Waals surface area (Å²) >= 11 is 0. The fourth-order valence-electron chi connectivity index (χ4n) is 1.41. The van der Waals surface area contributed by atoms with Crippen molar-refractivity contribution in [3.63, 3.8) is 0 Å². The first kappa shape index (κ1) is 8.51. The average Bonchev–Trinajstić information content (AvgIpc) is 2.37. The van der Waals surface area contributed by atoms with Crippen LogP contribution in [0.15, 0.2) is 11.6 Å². The van der Waals surface area contributed by atoms with Gasteiger partial charge in [0.2, 0.25) is 0 Å². The van der Waals surface area contributed by atoms with Crippen LogP contribution in [0.25, 0.3) is 0 Å². The van der Waals surface area contributed by atoms with E-state index in [0.29, 0.717) is 5.78 Å². The number of carbonyl (C=O) groups excluding carboxylic acids is 1. The normalized spacial score (nSPS) is 21.5. The zero-order valence-electron chi connectivity index (χ0n) is 7.23. The number of unbranched alkanes of at least 4 members (excludes halogenated alkanes) is 2. The number of allylic oxidation sites excluding steroid dienone is 2. The third-order valence-electron chi connectivity index (χ3n) is 2.14. The summed E-state index contributed by atoms with van der Waals surface area (Å²) in [5, 5.41) is 0. The van der Waals surface area contributed by atoms with E-state index in [-0.39, 0.29) is 0 Å². The van der Waals surface area contributed by atoms with Gasteiger partial charge in [0.25, 0.3) is 0 Å². The minimum absolute atomic E-state index is 0.424. The molecule has 0 heterocycles. The van der Waals surface area contributed by atoms with Crippen LogP contribution in [-0.4, -0.2) is 5.78 Å². The smallest absolute Gasteiger partial charge is 0.137 e. The van der Waals surface area contributed by atoms with Gasteiger partial charge in [0, 0.05) is 12.8 Å². The molecule has 0 aliphatic heterocycles. The lowest BCUT2D eigenvalue weighted by molar-refractivity contribution is -0.117. The first-order valence-electron chi connectivity index (χ1n) is 4.52. The Bertz CT molecular complexity index is 168. The van der Waals surface area contributed by atoms with Crippen LogP contribution >= 0.6 is 0 Å². The maximum absolute atomic E-state index is 10.8. The van der Waals surface area contributed by atoms with E-state index in [4.69, 9.17) is 0 Å². The van der Waals surface area contributed by atoms with Crippen LogP contribution in [0.4, 0.5) is 0 Å². The largest absolute Gasteiger partial charge is 0.299 e. The molecule has 0 N–H and O–H groups in total. The van der Waals surface area contributed by atoms with Crippen molar-refractivity contribution in [2.75, 3.05) is 0 Å². The molecule has 1 rings (SSSR count). The van der Waals surface area contributed by atoms with Crippen LogP contribution in [0.5, 0.6) is 0 Å². The van der Waals surface area contributed by atoms with Crippen LogP contribution in [0.3, 0.4) is 0 Å². The Kier molecular flexibility index (Phi) is 3.34. The zero-order chi connectivity index (χ0) is 8.10. The van der Waals surface area contributed by atoms with E-state index >= 15 is 0 Å². The maximum Gasteiger partial charge on any atom is 0.137 e. The molecule has 1 aliphatic rings. The molecule has 11 heavy (non-hydrogen) atoms. The van der Waals surface area contributed by atoms with Crippen molar-refractivity contribution in [2.24, 2.45) is 0 Å². The van der Waals surface area contributed by atoms with Crippen LogP contribution < -0.4 is 0 Å². The molecule has 0 aromatic rings. The highest BCUT2D eigenvalue weighted by Gasteiger charge is 2.13. The van der Waals surface area contributed by atoms with Gasteiger partial charge in [-0.05, 0) is 12.8 Å². The van der Waals surface area contributed by atoms with E-state index in [2.05, 4.69) is 13.0 Å². The Morgan fingerprint density at radius 2 is 2.27 bits per heavy atom. The molecule has 1 fully saturated rings. The molecule has 62 valence electrons. The quantitative estimate of drug-likeness (QED) is 0.449. The summed E-state index contributed by atoms with van der Waals surface area (Å²) in [6, 6.07) is 0. The third kappa shape index (κ3) is 2.87. The Labute approximate surface area is 68.5 Å². The van der Waals surface area contributed by atoms with E-state index < -0.39 is 0 Å². The molecule has 0 saturated heterocycles. The Morgan fingerprint density at radius 1 is 1.45 bits per heavy atom. The Morgan fingerprint density at radius 3 is 2.82 bits per heavy atom. The Hall–Kier alpha value is -0.590. The second-order valence-corrected chi connectivity index (χ2v) is 3.22. The van der Waals surface area contributed by atoms with Gasteiger partial charge in [-0.2, -0.15) is 0 Å². The second kappa shape index (κ2) is 4.32. The maximum atomic E-state index is 10.8. The summed E-state index contributed by atoms with van der Waals surface area (Å²) < 4.78 is 0. The molecule has 0 bridgehead atoms. The molecule has 1 aliphatic carbocycles. The SMILES string of the molecule is CCCCC=C1CCC(=O)C1. The summed E-state index contributed by atoms with van der Waals surface area (Å²) in [5.74, 6) is 0.424. The zero-order valence-corrected chi connectivity index (χ0v) is 7.23. The monoisotopic (exact) mass is 152 g/mol. The van der Waals surface area contributed by atoms with Crippen LogP contribution in [0.2, 0.25) is 0 Å². The molecule has 0 atom stereocenters. The second-order valence-electron chi connectivity index (χ2n) is 3.22. The molecule has 1 nitrogen and oxygen atoms in total. The van der Waals surface area contributed by atoms with Crippen molar-refractivity contribution in [1.29, 1.82) is 0 Å². The molecule has 0 spiro atoms. The number of hydrogen-bond acceptors (Lipinski definition) is 1. The first-order valence-corrected chi connectivity index (χ1v) is 4.52. The number of hydrogen-bond donors (Lipinski definition) is 0. The van der Waals surface area contributed by atoms with Gasteiger partial charge in [0.15, 0.2) is 0 Å². The van der Waals surface area contributed by atoms with Gasteiger partial charge < -0.3 is 0 Å². The first-order chi connectivity index (χ1) is 5.33. The molecule has 0 unspecified atom stereocenters. The molecule has 0 amide bonds. The van der Waals surface area contributed by atoms with E-state index in [9.17, 15) is 4.79 Å². The van der Waals surface area contributed by atoms with Crippen LogP contribution in [-0.2, 0) is 4.79 Å². The lowest BCUT2D eigenvalue weighted by atomic mass is 10.1. The van der Waals surface area contributed by atoms with E-state index in [0.717, 1.165) is 19.3 Å². The topological polar surface area (TPSA) is 17.1 Å². The highest BCUT2D eigenvalue weighted by molar-refractivity contribution is 5.84. The molecule has 0 radical (unpaired) electrons. The van der Waals surface area contributed by atoms with Gasteiger partial charge >= 0.3 is 0 Å². The predicted molar refractivity (Wildman–Crippen MR) is 46.5 cm³/mol. The molecule has 1 heteroatoms. The number of rotatable bonds is 3. The predicted octanol–water partition coefficient (Wildman–Crippen LogP) is 2.86. The molecular weight excluding hydrogens is 136 g/mol.